The largest absolute Gasteiger partial charge is 0.340 e. The van der Waals surface area contributed by atoms with Gasteiger partial charge in [-0.2, -0.15) is 0 Å². The number of rotatable bonds is 3. The number of piperazine rings is 1. The van der Waals surface area contributed by atoms with Crippen molar-refractivity contribution >= 4 is 11.8 Å². The molecule has 1 aliphatic carbocycles. The van der Waals surface area contributed by atoms with Crippen LogP contribution in [0.15, 0.2) is 0 Å². The maximum Gasteiger partial charge on any atom is 0.249 e. The van der Waals surface area contributed by atoms with Gasteiger partial charge in [-0.05, 0) is 24.7 Å². The number of hydrogen-bond donors (Lipinski definition) is 1. The van der Waals surface area contributed by atoms with Crippen molar-refractivity contribution in [2.45, 2.75) is 70.9 Å². The van der Waals surface area contributed by atoms with E-state index in [-0.39, 0.29) is 17.2 Å². The third-order valence-electron chi connectivity index (χ3n) is 4.65. The summed E-state index contributed by atoms with van der Waals surface area (Å²) in [5, 5.41) is 3.02. The lowest BCUT2D eigenvalue weighted by molar-refractivity contribution is -0.161. The number of nitrogens with zero attached hydrogens (tertiary/aromatic N) is 1. The van der Waals surface area contributed by atoms with Crippen LogP contribution in [0.3, 0.4) is 0 Å². The molecule has 120 valence electrons. The summed E-state index contributed by atoms with van der Waals surface area (Å²) >= 11 is 0. The van der Waals surface area contributed by atoms with Crippen molar-refractivity contribution in [3.8, 4) is 0 Å². The topological polar surface area (TPSA) is 49.4 Å². The molecule has 1 heterocycles. The molecule has 2 aliphatic rings. The molecule has 1 atom stereocenters. The summed E-state index contributed by atoms with van der Waals surface area (Å²) in [4.78, 5) is 27.3. The monoisotopic (exact) mass is 298 g/mol. The van der Waals surface area contributed by atoms with Crippen LogP contribution in [0, 0.1) is 5.41 Å². The number of carbonyl (C=O) groups is 2. The van der Waals surface area contributed by atoms with E-state index in [1.807, 2.05) is 20.8 Å². The first-order chi connectivity index (χ1) is 9.82. The van der Waals surface area contributed by atoms with Crippen molar-refractivity contribution in [2.75, 3.05) is 13.2 Å². The normalized spacial score (nSPS) is 26.1. The SMILES string of the molecule is CC(C)(C)C1C(=O)NC2(CCCCC2)C(=O)N1CCCF. The second kappa shape index (κ2) is 5.93. The Hall–Kier alpha value is -1.13. The van der Waals surface area contributed by atoms with Gasteiger partial charge in [0, 0.05) is 6.54 Å². The highest BCUT2D eigenvalue weighted by Crippen LogP contribution is 2.37. The maximum absolute atomic E-state index is 13.0. The zero-order valence-corrected chi connectivity index (χ0v) is 13.4. The molecule has 1 aliphatic heterocycles. The summed E-state index contributed by atoms with van der Waals surface area (Å²) in [5.74, 6) is -0.0852. The first-order valence-corrected chi connectivity index (χ1v) is 8.01. The number of halogens is 1. The second-order valence-electron chi connectivity index (χ2n) is 7.44. The van der Waals surface area contributed by atoms with Crippen LogP contribution >= 0.6 is 0 Å². The fraction of sp³-hybridized carbons (Fsp3) is 0.875. The van der Waals surface area contributed by atoms with E-state index < -0.39 is 18.3 Å². The van der Waals surface area contributed by atoms with Crippen molar-refractivity contribution in [2.24, 2.45) is 5.41 Å². The van der Waals surface area contributed by atoms with Gasteiger partial charge in [-0.15, -0.1) is 0 Å². The molecule has 2 rings (SSSR count). The summed E-state index contributed by atoms with van der Waals surface area (Å²) in [7, 11) is 0. The molecule has 2 fully saturated rings. The smallest absolute Gasteiger partial charge is 0.249 e. The van der Waals surface area contributed by atoms with Gasteiger partial charge in [0.2, 0.25) is 11.8 Å². The average Bonchev–Trinajstić information content (AvgIpc) is 2.40. The zero-order valence-electron chi connectivity index (χ0n) is 13.4. The third kappa shape index (κ3) is 3.06. The first kappa shape index (κ1) is 16.2. The van der Waals surface area contributed by atoms with Crippen LogP contribution < -0.4 is 5.32 Å². The lowest BCUT2D eigenvalue weighted by Crippen LogP contribution is -2.73. The molecule has 2 amide bonds. The number of amides is 2. The van der Waals surface area contributed by atoms with Crippen molar-refractivity contribution in [1.29, 1.82) is 0 Å². The molecular formula is C16H27FN2O2. The molecular weight excluding hydrogens is 271 g/mol. The van der Waals surface area contributed by atoms with E-state index in [1.165, 1.54) is 0 Å². The molecule has 5 heteroatoms. The molecule has 0 bridgehead atoms. The molecule has 1 saturated heterocycles. The summed E-state index contributed by atoms with van der Waals surface area (Å²) in [6, 6.07) is -0.510. The minimum atomic E-state index is -0.729. The summed E-state index contributed by atoms with van der Waals surface area (Å²) in [6.45, 7) is 5.71. The predicted octanol–water partition coefficient (Wildman–Crippen LogP) is 2.42. The fourth-order valence-electron chi connectivity index (χ4n) is 3.71. The molecule has 0 aromatic heterocycles. The Kier molecular flexibility index (Phi) is 4.59. The molecule has 0 aromatic rings. The lowest BCUT2D eigenvalue weighted by Gasteiger charge is -2.51. The van der Waals surface area contributed by atoms with Crippen LogP contribution in [0.1, 0.15) is 59.3 Å². The molecule has 1 saturated carbocycles. The van der Waals surface area contributed by atoms with E-state index in [0.717, 1.165) is 19.3 Å². The second-order valence-corrected chi connectivity index (χ2v) is 7.44. The number of nitrogens with one attached hydrogen (secondary N) is 1. The van der Waals surface area contributed by atoms with Gasteiger partial charge in [0.05, 0.1) is 6.67 Å². The van der Waals surface area contributed by atoms with Crippen LogP contribution in [0.2, 0.25) is 0 Å². The van der Waals surface area contributed by atoms with E-state index in [2.05, 4.69) is 5.32 Å². The Bertz CT molecular complexity index is 411. The van der Waals surface area contributed by atoms with Crippen LogP contribution in [-0.2, 0) is 9.59 Å². The number of carbonyl (C=O) groups excluding carboxylic acids is 2. The van der Waals surface area contributed by atoms with Gasteiger partial charge in [0.25, 0.3) is 0 Å². The van der Waals surface area contributed by atoms with Gasteiger partial charge in [-0.25, -0.2) is 0 Å². The van der Waals surface area contributed by atoms with Crippen molar-refractivity contribution in [3.05, 3.63) is 0 Å². The molecule has 1 unspecified atom stereocenters. The average molecular weight is 298 g/mol. The van der Waals surface area contributed by atoms with Gasteiger partial charge in [-0.3, -0.25) is 14.0 Å². The molecule has 1 spiro atoms. The number of hydrogen-bond acceptors (Lipinski definition) is 2. The lowest BCUT2D eigenvalue weighted by atomic mass is 9.75. The third-order valence-corrected chi connectivity index (χ3v) is 4.65. The van der Waals surface area contributed by atoms with E-state index in [4.69, 9.17) is 0 Å². The highest BCUT2D eigenvalue weighted by Gasteiger charge is 2.53. The van der Waals surface area contributed by atoms with E-state index >= 15 is 0 Å². The van der Waals surface area contributed by atoms with Crippen molar-refractivity contribution in [1.82, 2.24) is 10.2 Å². The Balaban J connectivity index is 2.31. The molecule has 4 nitrogen and oxygen atoms in total. The Morgan fingerprint density at radius 3 is 2.38 bits per heavy atom. The van der Waals surface area contributed by atoms with E-state index in [1.54, 1.807) is 4.90 Å². The Morgan fingerprint density at radius 2 is 1.86 bits per heavy atom. The summed E-state index contributed by atoms with van der Waals surface area (Å²) in [6.07, 6.45) is 4.74. The molecule has 0 aromatic carbocycles. The van der Waals surface area contributed by atoms with Gasteiger partial charge in [-0.1, -0.05) is 40.0 Å². The number of alkyl halides is 1. The van der Waals surface area contributed by atoms with Gasteiger partial charge < -0.3 is 10.2 Å². The quantitative estimate of drug-likeness (QED) is 0.870. The molecule has 1 N–H and O–H groups in total. The molecule has 0 radical (unpaired) electrons. The highest BCUT2D eigenvalue weighted by molar-refractivity contribution is 6.00. The van der Waals surface area contributed by atoms with E-state index in [0.29, 0.717) is 25.8 Å². The first-order valence-electron chi connectivity index (χ1n) is 8.01. The zero-order chi connectivity index (χ0) is 15.7. The van der Waals surface area contributed by atoms with Crippen LogP contribution in [0.5, 0.6) is 0 Å². The minimum Gasteiger partial charge on any atom is -0.340 e. The summed E-state index contributed by atoms with van der Waals surface area (Å²) in [5.41, 5.74) is -1.08. The Labute approximate surface area is 126 Å². The minimum absolute atomic E-state index is 0.00447. The van der Waals surface area contributed by atoms with Crippen LogP contribution in [0.25, 0.3) is 0 Å². The van der Waals surface area contributed by atoms with E-state index in [9.17, 15) is 14.0 Å². The van der Waals surface area contributed by atoms with Crippen molar-refractivity contribution in [3.63, 3.8) is 0 Å². The summed E-state index contributed by atoms with van der Waals surface area (Å²) < 4.78 is 12.6. The predicted molar refractivity (Wildman–Crippen MR) is 79.5 cm³/mol. The van der Waals surface area contributed by atoms with Crippen LogP contribution in [0.4, 0.5) is 4.39 Å². The molecule has 21 heavy (non-hydrogen) atoms. The maximum atomic E-state index is 13.0. The standard InChI is InChI=1S/C16H27FN2O2/c1-15(2,3)12-13(20)18-16(8-5-4-6-9-16)14(21)19(12)11-7-10-17/h12H,4-11H2,1-3H3,(H,18,20). The van der Waals surface area contributed by atoms with Gasteiger partial charge in [0.15, 0.2) is 0 Å². The van der Waals surface area contributed by atoms with Crippen LogP contribution in [-0.4, -0.2) is 41.5 Å². The van der Waals surface area contributed by atoms with Crippen molar-refractivity contribution < 1.29 is 14.0 Å². The van der Waals surface area contributed by atoms with Gasteiger partial charge in [0.1, 0.15) is 11.6 Å². The fourth-order valence-corrected chi connectivity index (χ4v) is 3.71. The van der Waals surface area contributed by atoms with Gasteiger partial charge >= 0.3 is 0 Å². The highest BCUT2D eigenvalue weighted by atomic mass is 19.1. The Morgan fingerprint density at radius 1 is 1.24 bits per heavy atom.